The highest BCUT2D eigenvalue weighted by Crippen LogP contribution is 2.46. The molecule has 2 heterocycles. The molecule has 0 amide bonds. The molecule has 0 bridgehead atoms. The lowest BCUT2D eigenvalue weighted by Gasteiger charge is -2.29. The molecule has 0 aromatic heterocycles. The molecule has 158 valence electrons. The van der Waals surface area contributed by atoms with Crippen molar-refractivity contribution in [3.8, 4) is 0 Å². The smallest absolute Gasteiger partial charge is 0.211 e. The third-order valence-corrected chi connectivity index (χ3v) is 6.95. The van der Waals surface area contributed by atoms with Gasteiger partial charge in [0.05, 0.1) is 0 Å². The molecule has 0 unspecified atom stereocenters. The quantitative estimate of drug-likeness (QED) is 0.711. The Bertz CT molecular complexity index is 943. The summed E-state index contributed by atoms with van der Waals surface area (Å²) in [5.41, 5.74) is 4.77. The monoisotopic (exact) mass is 425 g/mol. The summed E-state index contributed by atoms with van der Waals surface area (Å²) in [6.45, 7) is 10.3. The van der Waals surface area contributed by atoms with Gasteiger partial charge >= 0.3 is 0 Å². The minimum absolute atomic E-state index is 0.141. The number of para-hydroxylation sites is 1. The van der Waals surface area contributed by atoms with Gasteiger partial charge < -0.3 is 14.7 Å². The Morgan fingerprint density at radius 2 is 1.67 bits per heavy atom. The summed E-state index contributed by atoms with van der Waals surface area (Å²) in [5.74, 6) is 0.230. The number of ketones is 1. The van der Waals surface area contributed by atoms with Crippen LogP contribution in [0.1, 0.15) is 25.0 Å². The fraction of sp³-hybridized carbons (Fsp3) is 0.400. The van der Waals surface area contributed by atoms with Gasteiger partial charge in [0, 0.05) is 40.5 Å². The van der Waals surface area contributed by atoms with Crippen molar-refractivity contribution in [2.75, 3.05) is 44.7 Å². The lowest BCUT2D eigenvalue weighted by atomic mass is 9.83. The molecule has 0 saturated carbocycles. The van der Waals surface area contributed by atoms with Crippen LogP contribution in [0.2, 0.25) is 5.02 Å². The van der Waals surface area contributed by atoms with Crippen LogP contribution in [0.4, 0.5) is 5.69 Å². The third-order valence-electron chi connectivity index (χ3n) is 6.69. The Morgan fingerprint density at radius 3 is 2.33 bits per heavy atom. The summed E-state index contributed by atoms with van der Waals surface area (Å²) < 4.78 is 0. The SMILES string of the molecule is CN1C(=CC(=O)C[NH+]2CC[NH+](Cc3ccc(Cl)cc3)CC2)C(C)(C)c2ccccc21. The van der Waals surface area contributed by atoms with Crippen molar-refractivity contribution in [3.05, 3.63) is 76.5 Å². The number of rotatable bonds is 5. The lowest BCUT2D eigenvalue weighted by molar-refractivity contribution is -1.01. The zero-order chi connectivity index (χ0) is 21.3. The fourth-order valence-corrected chi connectivity index (χ4v) is 5.04. The molecule has 5 heteroatoms. The van der Waals surface area contributed by atoms with Crippen LogP contribution in [0.3, 0.4) is 0 Å². The maximum absolute atomic E-state index is 12.9. The first-order valence-electron chi connectivity index (χ1n) is 10.8. The molecule has 0 spiro atoms. The first-order valence-corrected chi connectivity index (χ1v) is 11.2. The first kappa shape index (κ1) is 21.1. The molecular formula is C25H32ClN3O+2. The van der Waals surface area contributed by atoms with Crippen LogP contribution >= 0.6 is 11.6 Å². The molecule has 0 aliphatic carbocycles. The van der Waals surface area contributed by atoms with E-state index in [4.69, 9.17) is 11.6 Å². The molecular weight excluding hydrogens is 394 g/mol. The number of fused-ring (bicyclic) bond motifs is 1. The van der Waals surface area contributed by atoms with E-state index in [0.717, 1.165) is 43.4 Å². The number of nitrogens with zero attached hydrogens (tertiary/aromatic N) is 1. The molecule has 2 N–H and O–H groups in total. The van der Waals surface area contributed by atoms with E-state index in [1.807, 2.05) is 18.2 Å². The van der Waals surface area contributed by atoms with Gasteiger partial charge in [-0.3, -0.25) is 4.79 Å². The number of anilines is 1. The van der Waals surface area contributed by atoms with E-state index >= 15 is 0 Å². The minimum atomic E-state index is -0.141. The van der Waals surface area contributed by atoms with Crippen LogP contribution in [-0.2, 0) is 16.8 Å². The number of carbonyl (C=O) groups excluding carboxylic acids is 1. The van der Waals surface area contributed by atoms with Crippen LogP contribution in [0.25, 0.3) is 0 Å². The maximum Gasteiger partial charge on any atom is 0.211 e. The van der Waals surface area contributed by atoms with Gasteiger partial charge in [-0.1, -0.05) is 55.8 Å². The summed E-state index contributed by atoms with van der Waals surface area (Å²) in [6.07, 6.45) is 1.89. The van der Waals surface area contributed by atoms with E-state index in [1.165, 1.54) is 21.7 Å². The number of carbonyl (C=O) groups is 1. The molecule has 2 aliphatic rings. The van der Waals surface area contributed by atoms with E-state index in [-0.39, 0.29) is 11.2 Å². The predicted octanol–water partition coefficient (Wildman–Crippen LogP) is 1.50. The maximum atomic E-state index is 12.9. The van der Waals surface area contributed by atoms with Gasteiger partial charge in [0.15, 0.2) is 0 Å². The van der Waals surface area contributed by atoms with Crippen molar-refractivity contribution in [1.29, 1.82) is 0 Å². The first-order chi connectivity index (χ1) is 14.3. The van der Waals surface area contributed by atoms with E-state index in [9.17, 15) is 4.79 Å². The van der Waals surface area contributed by atoms with Crippen LogP contribution in [0.5, 0.6) is 0 Å². The average Bonchev–Trinajstić information content (AvgIpc) is 2.92. The van der Waals surface area contributed by atoms with Gasteiger partial charge in [-0.25, -0.2) is 0 Å². The topological polar surface area (TPSA) is 29.2 Å². The second kappa shape index (κ2) is 8.54. The van der Waals surface area contributed by atoms with Crippen LogP contribution in [0.15, 0.2) is 60.3 Å². The Morgan fingerprint density at radius 1 is 1.03 bits per heavy atom. The van der Waals surface area contributed by atoms with Crippen molar-refractivity contribution < 1.29 is 14.6 Å². The number of hydrogen-bond donors (Lipinski definition) is 2. The Kier molecular flexibility index (Phi) is 6.01. The number of likely N-dealkylation sites (N-methyl/N-ethyl adjacent to an activating group) is 1. The van der Waals surface area contributed by atoms with E-state index in [2.05, 4.69) is 62.2 Å². The van der Waals surface area contributed by atoms with E-state index in [0.29, 0.717) is 6.54 Å². The normalized spacial score (nSPS) is 24.1. The van der Waals surface area contributed by atoms with Gasteiger partial charge in [0.2, 0.25) is 5.78 Å². The molecule has 2 aromatic carbocycles. The van der Waals surface area contributed by atoms with Crippen LogP contribution in [0, 0.1) is 0 Å². The van der Waals surface area contributed by atoms with Crippen molar-refractivity contribution in [3.63, 3.8) is 0 Å². The highest BCUT2D eigenvalue weighted by molar-refractivity contribution is 6.30. The highest BCUT2D eigenvalue weighted by atomic mass is 35.5. The predicted molar refractivity (Wildman–Crippen MR) is 122 cm³/mol. The molecule has 1 fully saturated rings. The summed E-state index contributed by atoms with van der Waals surface area (Å²) in [6, 6.07) is 16.6. The van der Waals surface area contributed by atoms with Gasteiger partial charge in [-0.05, 0) is 23.8 Å². The van der Waals surface area contributed by atoms with Gasteiger partial charge in [0.25, 0.3) is 0 Å². The summed E-state index contributed by atoms with van der Waals surface area (Å²) in [5, 5.41) is 0.787. The summed E-state index contributed by atoms with van der Waals surface area (Å²) in [4.78, 5) is 18.1. The summed E-state index contributed by atoms with van der Waals surface area (Å²) >= 11 is 5.99. The van der Waals surface area contributed by atoms with Gasteiger partial charge in [-0.15, -0.1) is 0 Å². The van der Waals surface area contributed by atoms with Crippen molar-refractivity contribution >= 4 is 23.1 Å². The number of nitrogens with one attached hydrogen (secondary N) is 2. The number of benzene rings is 2. The largest absolute Gasteiger partial charge is 0.347 e. The second-order valence-electron chi connectivity index (χ2n) is 9.18. The summed E-state index contributed by atoms with van der Waals surface area (Å²) in [7, 11) is 2.07. The molecule has 1 saturated heterocycles. The zero-order valence-electron chi connectivity index (χ0n) is 18.2. The molecule has 2 aromatic rings. The number of halogens is 1. The van der Waals surface area contributed by atoms with E-state index in [1.54, 1.807) is 4.90 Å². The third kappa shape index (κ3) is 4.31. The Hall–Kier alpha value is -2.14. The molecule has 2 aliphatic heterocycles. The highest BCUT2D eigenvalue weighted by Gasteiger charge is 2.38. The average molecular weight is 426 g/mol. The Balaban J connectivity index is 1.34. The minimum Gasteiger partial charge on any atom is -0.347 e. The van der Waals surface area contributed by atoms with Crippen molar-refractivity contribution in [2.45, 2.75) is 25.8 Å². The lowest BCUT2D eigenvalue weighted by Crippen LogP contribution is -3.27. The second-order valence-corrected chi connectivity index (χ2v) is 9.61. The van der Waals surface area contributed by atoms with Gasteiger partial charge in [0.1, 0.15) is 39.3 Å². The number of piperazine rings is 1. The number of hydrogen-bond acceptors (Lipinski definition) is 2. The molecule has 30 heavy (non-hydrogen) atoms. The van der Waals surface area contributed by atoms with Crippen LogP contribution < -0.4 is 14.7 Å². The molecule has 0 radical (unpaired) electrons. The molecule has 4 rings (SSSR count). The molecule has 4 nitrogen and oxygen atoms in total. The van der Waals surface area contributed by atoms with Crippen molar-refractivity contribution in [2.24, 2.45) is 0 Å². The Labute approximate surface area is 184 Å². The molecule has 0 atom stereocenters. The van der Waals surface area contributed by atoms with Gasteiger partial charge in [-0.2, -0.15) is 0 Å². The van der Waals surface area contributed by atoms with Crippen LogP contribution in [-0.4, -0.2) is 45.6 Å². The number of allylic oxidation sites excluding steroid dienone is 1. The van der Waals surface area contributed by atoms with Crippen molar-refractivity contribution in [1.82, 2.24) is 0 Å². The standard InChI is InChI=1S/C25H30ClN3O/c1-25(2)22-6-4-5-7-23(22)27(3)24(25)16-21(30)18-29-14-12-28(13-15-29)17-19-8-10-20(26)11-9-19/h4-11,16H,12-15,17-18H2,1-3H3/p+2. The number of quaternary nitrogens is 2. The fourth-order valence-electron chi connectivity index (χ4n) is 4.91. The van der Waals surface area contributed by atoms with E-state index < -0.39 is 0 Å². The zero-order valence-corrected chi connectivity index (χ0v) is 18.9.